The van der Waals surface area contributed by atoms with Gasteiger partial charge in [-0.1, -0.05) is 74.7 Å². The second-order valence-corrected chi connectivity index (χ2v) is 1.91. The molecule has 0 amide bonds. The van der Waals surface area contributed by atoms with Gasteiger partial charge < -0.3 is 0 Å². The van der Waals surface area contributed by atoms with Crippen molar-refractivity contribution in [3.05, 3.63) is 0 Å². The highest BCUT2D eigenvalue weighted by atomic mass is 32.1. The van der Waals surface area contributed by atoms with Gasteiger partial charge in [-0.05, 0) is 0 Å². The highest BCUT2D eigenvalue weighted by molar-refractivity contribution is 7.51. The van der Waals surface area contributed by atoms with Crippen molar-refractivity contribution in [2.45, 2.75) is 74.7 Å². The number of unbranched alkanes of at least 4 members (excludes halogenated alkanes) is 1. The molecule has 0 saturated carbocycles. The summed E-state index contributed by atoms with van der Waals surface area (Å²) in [5.41, 5.74) is 0. The fourth-order valence-electron chi connectivity index (χ4n) is 0. The van der Waals surface area contributed by atoms with Crippen LogP contribution < -0.4 is 0 Å². The first kappa shape index (κ1) is 29.2. The Balaban J connectivity index is -0.0000000249. The summed E-state index contributed by atoms with van der Waals surface area (Å²) in [6, 6.07) is 0. The lowest BCUT2D eigenvalue weighted by Crippen LogP contribution is -1.47. The Morgan fingerprint density at radius 1 is 0.714 bits per heavy atom. The zero-order chi connectivity index (χ0) is 12.8. The highest BCUT2D eigenvalue weighted by Gasteiger charge is 1.56. The molecule has 0 N–H and O–H groups in total. The lowest BCUT2D eigenvalue weighted by molar-refractivity contribution is 0.630. The first-order valence-electron chi connectivity index (χ1n) is 5.66. The molecule has 0 atom stereocenters. The van der Waals surface area contributed by atoms with Crippen LogP contribution in [-0.4, -0.2) is 8.42 Å². The van der Waals surface area contributed by atoms with Crippen LogP contribution in [0.1, 0.15) is 74.7 Å². The van der Waals surface area contributed by atoms with Crippen molar-refractivity contribution < 1.29 is 8.42 Å². The summed E-state index contributed by atoms with van der Waals surface area (Å²) in [5.74, 6) is 0. The summed E-state index contributed by atoms with van der Waals surface area (Å²) in [7, 11) is 0. The molecule has 0 bridgehead atoms. The molecule has 0 radical (unpaired) electrons. The highest BCUT2D eigenvalue weighted by Crippen LogP contribution is 1.76. The summed E-state index contributed by atoms with van der Waals surface area (Å²) in [6.07, 6.45) is 3.89. The third kappa shape index (κ3) is 2060. The minimum absolute atomic E-state index is 0.750. The van der Waals surface area contributed by atoms with E-state index in [9.17, 15) is 0 Å². The van der Waals surface area contributed by atoms with E-state index in [2.05, 4.69) is 27.7 Å². The number of hydrogen-bond acceptors (Lipinski definition) is 2. The zero-order valence-corrected chi connectivity index (χ0v) is 12.2. The molecule has 0 fully saturated rings. The molecule has 0 aliphatic carbocycles. The Morgan fingerprint density at radius 3 is 0.786 bits per heavy atom. The fraction of sp³-hybridized carbons (Fsp3) is 1.00. The number of rotatable bonds is 1. The lowest BCUT2D eigenvalue weighted by Gasteiger charge is -1.68. The van der Waals surface area contributed by atoms with E-state index in [4.69, 9.17) is 8.42 Å². The monoisotopic (exact) mass is 226 g/mol. The van der Waals surface area contributed by atoms with Crippen molar-refractivity contribution in [3.63, 3.8) is 0 Å². The van der Waals surface area contributed by atoms with Crippen molar-refractivity contribution in [1.82, 2.24) is 0 Å². The van der Waals surface area contributed by atoms with Crippen LogP contribution in [0.4, 0.5) is 0 Å². The van der Waals surface area contributed by atoms with Gasteiger partial charge in [0.05, 0.1) is 0 Å². The smallest absolute Gasteiger partial charge is 0.168 e. The van der Waals surface area contributed by atoms with E-state index in [1.54, 1.807) is 0 Å². The van der Waals surface area contributed by atoms with Crippen LogP contribution in [0.3, 0.4) is 0 Å². The summed E-state index contributed by atoms with van der Waals surface area (Å²) in [6.45, 7) is 16.6. The quantitative estimate of drug-likeness (QED) is 0.654. The Kier molecular flexibility index (Phi) is 256. The molecule has 0 aliphatic heterocycles. The van der Waals surface area contributed by atoms with E-state index in [1.807, 2.05) is 27.7 Å². The molecule has 0 unspecified atom stereocenters. The molecule has 0 aromatic carbocycles. The maximum Gasteiger partial charge on any atom is 0.335 e. The van der Waals surface area contributed by atoms with Crippen molar-refractivity contribution in [2.24, 2.45) is 0 Å². The van der Waals surface area contributed by atoms with Crippen molar-refractivity contribution in [3.8, 4) is 0 Å². The van der Waals surface area contributed by atoms with E-state index in [1.165, 1.54) is 19.3 Å². The third-order valence-electron chi connectivity index (χ3n) is 0.500. The molecule has 0 aromatic heterocycles. The topological polar surface area (TPSA) is 34.1 Å². The Labute approximate surface area is 95.1 Å². The summed E-state index contributed by atoms with van der Waals surface area (Å²) >= 11 is -0.750. The van der Waals surface area contributed by atoms with Crippen molar-refractivity contribution in [2.75, 3.05) is 0 Å². The molecule has 2 nitrogen and oxygen atoms in total. The van der Waals surface area contributed by atoms with E-state index in [0.29, 0.717) is 0 Å². The van der Waals surface area contributed by atoms with Crippen LogP contribution in [0.15, 0.2) is 0 Å². The second kappa shape index (κ2) is 123. The van der Waals surface area contributed by atoms with E-state index in [0.717, 1.165) is 0 Å². The molecule has 0 aliphatic rings. The minimum Gasteiger partial charge on any atom is -0.168 e. The maximum absolute atomic E-state index is 8.29. The molecule has 0 aromatic rings. The fourth-order valence-corrected chi connectivity index (χ4v) is 0. The third-order valence-corrected chi connectivity index (χ3v) is 0.500. The molecule has 0 rings (SSSR count). The molecular formula is C11H30O2S. The summed E-state index contributed by atoms with van der Waals surface area (Å²) in [4.78, 5) is 0. The van der Waals surface area contributed by atoms with E-state index >= 15 is 0 Å². The molecule has 3 heteroatoms. The first-order valence-corrected chi connectivity index (χ1v) is 6.33. The van der Waals surface area contributed by atoms with Gasteiger partial charge >= 0.3 is 11.6 Å². The average molecular weight is 226 g/mol. The lowest BCUT2D eigenvalue weighted by atomic mass is 10.4. The van der Waals surface area contributed by atoms with Crippen LogP contribution in [0.5, 0.6) is 0 Å². The van der Waals surface area contributed by atoms with Crippen LogP contribution >= 0.6 is 0 Å². The van der Waals surface area contributed by atoms with Gasteiger partial charge in [-0.15, -0.1) is 0 Å². The normalized spacial score (nSPS) is 5.14. The van der Waals surface area contributed by atoms with Crippen LogP contribution in [0.2, 0.25) is 0 Å². The minimum atomic E-state index is -0.750. The van der Waals surface area contributed by atoms with Gasteiger partial charge in [0, 0.05) is 0 Å². The van der Waals surface area contributed by atoms with Gasteiger partial charge in [0.15, 0.2) is 0 Å². The van der Waals surface area contributed by atoms with Gasteiger partial charge in [0.2, 0.25) is 0 Å². The van der Waals surface area contributed by atoms with Gasteiger partial charge in [0.25, 0.3) is 0 Å². The summed E-state index contributed by atoms with van der Waals surface area (Å²) in [5, 5.41) is 0. The van der Waals surface area contributed by atoms with Crippen molar-refractivity contribution in [1.29, 1.82) is 0 Å². The second-order valence-electron chi connectivity index (χ2n) is 1.78. The molecule has 92 valence electrons. The SMILES string of the molecule is CC.CC.CCC.CCCC.O=S=O. The van der Waals surface area contributed by atoms with Gasteiger partial charge in [0.1, 0.15) is 0 Å². The Bertz CT molecular complexity index is 58.3. The number of hydrogen-bond donors (Lipinski definition) is 0. The van der Waals surface area contributed by atoms with Crippen LogP contribution in [-0.2, 0) is 11.6 Å². The molecular weight excluding hydrogens is 196 g/mol. The van der Waals surface area contributed by atoms with Crippen LogP contribution in [0, 0.1) is 0 Å². The van der Waals surface area contributed by atoms with Gasteiger partial charge in [-0.3, -0.25) is 0 Å². The van der Waals surface area contributed by atoms with E-state index in [-0.39, 0.29) is 0 Å². The predicted molar refractivity (Wildman–Crippen MR) is 68.2 cm³/mol. The predicted octanol–water partition coefficient (Wildman–Crippen LogP) is 4.60. The average Bonchev–Trinajstić information content (AvgIpc) is 2.26. The van der Waals surface area contributed by atoms with Gasteiger partial charge in [-0.2, -0.15) is 8.42 Å². The largest absolute Gasteiger partial charge is 0.335 e. The molecule has 0 spiro atoms. The van der Waals surface area contributed by atoms with Gasteiger partial charge in [-0.25, -0.2) is 0 Å². The standard InChI is InChI=1S/C4H10.C3H8.2C2H6.O2S/c1-3-4-2;1-3-2;2*1-2;1-3-2/h3-4H2,1-2H3;3H2,1-2H3;2*1-2H3;. The first-order chi connectivity index (χ1) is 6.74. The molecule has 14 heavy (non-hydrogen) atoms. The summed E-state index contributed by atoms with van der Waals surface area (Å²) < 4.78 is 16.6. The Morgan fingerprint density at radius 2 is 0.786 bits per heavy atom. The van der Waals surface area contributed by atoms with Crippen molar-refractivity contribution >= 4 is 11.6 Å². The molecule has 0 heterocycles. The maximum atomic E-state index is 8.29. The zero-order valence-electron chi connectivity index (χ0n) is 11.3. The van der Waals surface area contributed by atoms with Crippen LogP contribution in [0.25, 0.3) is 0 Å². The van der Waals surface area contributed by atoms with E-state index < -0.39 is 11.6 Å². The molecule has 0 saturated heterocycles. The Hall–Kier alpha value is -0.180.